The molecule has 1 fully saturated rings. The number of pyridine rings is 1. The number of benzene rings is 1. The fourth-order valence-electron chi connectivity index (χ4n) is 4.56. The first-order chi connectivity index (χ1) is 17.9. The van der Waals surface area contributed by atoms with Crippen LogP contribution in [0.25, 0.3) is 11.3 Å². The van der Waals surface area contributed by atoms with Crippen LogP contribution in [0.5, 0.6) is 11.5 Å². The van der Waals surface area contributed by atoms with E-state index in [1.807, 2.05) is 0 Å². The first kappa shape index (κ1) is 24.3. The van der Waals surface area contributed by atoms with Gasteiger partial charge in [-0.3, -0.25) is 24.7 Å². The van der Waals surface area contributed by atoms with E-state index in [2.05, 4.69) is 22.3 Å². The number of halogens is 2. The Morgan fingerprint density at radius 1 is 1.32 bits per heavy atom. The fraction of sp³-hybridized carbons (Fsp3) is 0.269. The minimum atomic E-state index is -1.01. The van der Waals surface area contributed by atoms with E-state index in [0.717, 1.165) is 0 Å². The lowest BCUT2D eigenvalue weighted by Crippen LogP contribution is -2.54. The van der Waals surface area contributed by atoms with Gasteiger partial charge < -0.3 is 19.7 Å². The van der Waals surface area contributed by atoms with E-state index in [0.29, 0.717) is 59.9 Å². The van der Waals surface area contributed by atoms with Crippen LogP contribution in [-0.2, 0) is 11.2 Å². The van der Waals surface area contributed by atoms with Crippen LogP contribution in [0.3, 0.4) is 0 Å². The monoisotopic (exact) mass is 509 g/mol. The minimum Gasteiger partial charge on any atom is -0.492 e. The van der Waals surface area contributed by atoms with Crippen molar-refractivity contribution in [2.24, 2.45) is 0 Å². The van der Waals surface area contributed by atoms with E-state index < -0.39 is 17.6 Å². The van der Waals surface area contributed by atoms with Crippen molar-refractivity contribution in [3.63, 3.8) is 0 Å². The van der Waals surface area contributed by atoms with Gasteiger partial charge in [-0.1, -0.05) is 12.6 Å². The summed E-state index contributed by atoms with van der Waals surface area (Å²) in [6.45, 7) is 4.09. The largest absolute Gasteiger partial charge is 0.492 e. The van der Waals surface area contributed by atoms with Crippen molar-refractivity contribution in [1.82, 2.24) is 19.9 Å². The lowest BCUT2D eigenvalue weighted by Gasteiger charge is -2.40. The van der Waals surface area contributed by atoms with Crippen LogP contribution < -0.4 is 20.2 Å². The molecule has 2 amide bonds. The van der Waals surface area contributed by atoms with Crippen LogP contribution in [0, 0.1) is 5.82 Å². The van der Waals surface area contributed by atoms with E-state index in [4.69, 9.17) is 9.47 Å². The maximum atomic E-state index is 14.4. The molecule has 0 spiro atoms. The highest BCUT2D eigenvalue weighted by Gasteiger charge is 2.34. The highest BCUT2D eigenvalue weighted by atomic mass is 19.1. The average Bonchev–Trinajstić information content (AvgIpc) is 3.23. The Hall–Kier alpha value is -4.41. The van der Waals surface area contributed by atoms with E-state index in [1.165, 1.54) is 24.3 Å². The lowest BCUT2D eigenvalue weighted by molar-refractivity contribution is -0.137. The van der Waals surface area contributed by atoms with Gasteiger partial charge >= 0.3 is 0 Å². The predicted molar refractivity (Wildman–Crippen MR) is 132 cm³/mol. The number of nitrogens with one attached hydrogen (secondary N) is 2. The van der Waals surface area contributed by atoms with Crippen molar-refractivity contribution in [2.45, 2.75) is 18.9 Å². The Labute approximate surface area is 211 Å². The molecule has 9 nitrogen and oxygen atoms in total. The SMILES string of the molecule is C=C(F)C(=O)N1CC[C@H]1COc1cnccc1-c1cc2c(n1Nc1cccc(F)c1OC)CCNC2=O. The second-order valence-electron chi connectivity index (χ2n) is 8.69. The number of carbonyl (C=O) groups excluding carboxylic acids is 2. The molecule has 37 heavy (non-hydrogen) atoms. The van der Waals surface area contributed by atoms with Crippen LogP contribution in [-0.4, -0.2) is 59.2 Å². The van der Waals surface area contributed by atoms with E-state index in [1.54, 1.807) is 35.1 Å². The number of methoxy groups -OCH3 is 1. The number of aromatic nitrogens is 2. The highest BCUT2D eigenvalue weighted by Crippen LogP contribution is 2.36. The molecule has 1 aromatic carbocycles. The summed E-state index contributed by atoms with van der Waals surface area (Å²) >= 11 is 0. The summed E-state index contributed by atoms with van der Waals surface area (Å²) in [4.78, 5) is 30.2. The molecule has 192 valence electrons. The van der Waals surface area contributed by atoms with E-state index in [9.17, 15) is 18.4 Å². The third-order valence-corrected chi connectivity index (χ3v) is 6.53. The topological polar surface area (TPSA) is 97.7 Å². The Kier molecular flexibility index (Phi) is 6.51. The zero-order valence-electron chi connectivity index (χ0n) is 20.1. The van der Waals surface area contributed by atoms with Gasteiger partial charge in [0, 0.05) is 31.3 Å². The van der Waals surface area contributed by atoms with Gasteiger partial charge in [0.05, 0.1) is 42.0 Å². The number of carbonyl (C=O) groups is 2. The molecule has 1 saturated heterocycles. The van der Waals surface area contributed by atoms with Gasteiger partial charge in [-0.15, -0.1) is 0 Å². The Bertz CT molecular complexity index is 1390. The Morgan fingerprint density at radius 2 is 2.16 bits per heavy atom. The van der Waals surface area contributed by atoms with Crippen molar-refractivity contribution in [1.29, 1.82) is 0 Å². The molecule has 0 radical (unpaired) electrons. The first-order valence-corrected chi connectivity index (χ1v) is 11.7. The number of hydrogen-bond acceptors (Lipinski definition) is 6. The standard InChI is InChI=1S/C26H25F2N5O4/c1-15(27)26(35)32-11-8-16(32)14-37-23-13-29-9-6-17(23)22-12-18-21(7-10-30-25(18)34)33(22)31-20-5-3-4-19(28)24(20)36-2/h3-6,9,12-13,16,31H,1,7-8,10-11,14H2,2H3,(H,30,34)/t16-/m0/s1. The van der Waals surface area contributed by atoms with Gasteiger partial charge in [0.15, 0.2) is 17.4 Å². The summed E-state index contributed by atoms with van der Waals surface area (Å²) in [6, 6.07) is 7.70. The van der Waals surface area contributed by atoms with Crippen LogP contribution in [0.1, 0.15) is 22.5 Å². The summed E-state index contributed by atoms with van der Waals surface area (Å²) < 4.78 is 40.8. The van der Waals surface area contributed by atoms with Gasteiger partial charge in [0.2, 0.25) is 0 Å². The first-order valence-electron chi connectivity index (χ1n) is 11.7. The van der Waals surface area contributed by atoms with Crippen molar-refractivity contribution >= 4 is 17.5 Å². The number of amides is 2. The van der Waals surface area contributed by atoms with Crippen LogP contribution >= 0.6 is 0 Å². The van der Waals surface area contributed by atoms with Crippen molar-refractivity contribution in [3.8, 4) is 22.8 Å². The van der Waals surface area contributed by atoms with Crippen molar-refractivity contribution in [3.05, 3.63) is 72.2 Å². The fourth-order valence-corrected chi connectivity index (χ4v) is 4.56. The molecule has 2 N–H and O–H groups in total. The number of fused-ring (bicyclic) bond motifs is 1. The summed E-state index contributed by atoms with van der Waals surface area (Å²) in [5.41, 5.74) is 5.97. The number of anilines is 1. The molecule has 3 aromatic rings. The molecule has 5 rings (SSSR count). The lowest BCUT2D eigenvalue weighted by atomic mass is 10.0. The van der Waals surface area contributed by atoms with Gasteiger partial charge in [-0.05, 0) is 30.7 Å². The number of rotatable bonds is 8. The van der Waals surface area contributed by atoms with Gasteiger partial charge in [0.25, 0.3) is 11.8 Å². The predicted octanol–water partition coefficient (Wildman–Crippen LogP) is 3.32. The number of likely N-dealkylation sites (tertiary alicyclic amines) is 1. The Morgan fingerprint density at radius 3 is 2.89 bits per heavy atom. The summed E-state index contributed by atoms with van der Waals surface area (Å²) in [5, 5.41) is 2.84. The van der Waals surface area contributed by atoms with Gasteiger partial charge in [-0.2, -0.15) is 0 Å². The van der Waals surface area contributed by atoms with Crippen LogP contribution in [0.2, 0.25) is 0 Å². The Balaban J connectivity index is 1.51. The molecule has 2 aliphatic heterocycles. The van der Waals surface area contributed by atoms with Crippen LogP contribution in [0.15, 0.2) is 55.1 Å². The number of para-hydroxylation sites is 1. The normalized spacial score (nSPS) is 16.4. The molecule has 2 aromatic heterocycles. The molecule has 0 unspecified atom stereocenters. The molecule has 1 atom stereocenters. The van der Waals surface area contributed by atoms with E-state index in [-0.39, 0.29) is 24.3 Å². The zero-order chi connectivity index (χ0) is 26.1. The molecule has 4 heterocycles. The van der Waals surface area contributed by atoms with Crippen LogP contribution in [0.4, 0.5) is 14.5 Å². The quantitative estimate of drug-likeness (QED) is 0.452. The molecule has 0 saturated carbocycles. The summed E-state index contributed by atoms with van der Waals surface area (Å²) in [6.07, 6.45) is 4.33. The number of ether oxygens (including phenoxy) is 2. The zero-order valence-corrected chi connectivity index (χ0v) is 20.1. The minimum absolute atomic E-state index is 0.0338. The molecule has 11 heteroatoms. The molecule has 0 aliphatic carbocycles. The van der Waals surface area contributed by atoms with Gasteiger partial charge in [0.1, 0.15) is 12.4 Å². The second-order valence-corrected chi connectivity index (χ2v) is 8.69. The maximum Gasteiger partial charge on any atom is 0.282 e. The van der Waals surface area contributed by atoms with Crippen molar-refractivity contribution in [2.75, 3.05) is 32.2 Å². The van der Waals surface area contributed by atoms with Crippen molar-refractivity contribution < 1.29 is 27.8 Å². The third-order valence-electron chi connectivity index (χ3n) is 6.53. The molecular formula is C26H25F2N5O4. The molecule has 2 aliphatic rings. The highest BCUT2D eigenvalue weighted by molar-refractivity contribution is 5.98. The second kappa shape index (κ2) is 9.92. The summed E-state index contributed by atoms with van der Waals surface area (Å²) in [5.74, 6) is -2.06. The van der Waals surface area contributed by atoms with Gasteiger partial charge in [-0.25, -0.2) is 8.78 Å². The molecule has 0 bridgehead atoms. The molecular weight excluding hydrogens is 484 g/mol. The third kappa shape index (κ3) is 4.48. The maximum absolute atomic E-state index is 14.4. The number of hydrogen-bond donors (Lipinski definition) is 2. The smallest absolute Gasteiger partial charge is 0.282 e. The van der Waals surface area contributed by atoms with E-state index >= 15 is 0 Å². The average molecular weight is 510 g/mol. The number of nitrogens with zero attached hydrogens (tertiary/aromatic N) is 3. The summed E-state index contributed by atoms with van der Waals surface area (Å²) in [7, 11) is 1.38.